The molecule has 0 saturated carbocycles. The molecule has 1 aromatic carbocycles. The Morgan fingerprint density at radius 1 is 1.40 bits per heavy atom. The summed E-state index contributed by atoms with van der Waals surface area (Å²) in [4.78, 5) is 31.2. The number of hydrogen-bond acceptors (Lipinski definition) is 5. The monoisotopic (exact) mass is 366 g/mol. The Kier molecular flexibility index (Phi) is 6.52. The highest BCUT2D eigenvalue weighted by Crippen LogP contribution is 2.19. The summed E-state index contributed by atoms with van der Waals surface area (Å²) < 4.78 is 6.74. The lowest BCUT2D eigenvalue weighted by molar-refractivity contribution is -0.137. The summed E-state index contributed by atoms with van der Waals surface area (Å²) in [5, 5.41) is 0.515. The molecule has 2 heterocycles. The van der Waals surface area contributed by atoms with Crippen LogP contribution in [0.15, 0.2) is 35.4 Å². The largest absolute Gasteiger partial charge is 0.381 e. The van der Waals surface area contributed by atoms with Crippen LogP contribution in [-0.4, -0.2) is 52.7 Å². The van der Waals surface area contributed by atoms with Gasteiger partial charge in [0, 0.05) is 26.2 Å². The van der Waals surface area contributed by atoms with Gasteiger partial charge in [0.1, 0.15) is 6.54 Å². The molecule has 0 radical (unpaired) electrons. The summed E-state index contributed by atoms with van der Waals surface area (Å²) in [6.07, 6.45) is 3.07. The number of carbonyl (C=O) groups is 1. The fourth-order valence-electron chi connectivity index (χ4n) is 3.24. The van der Waals surface area contributed by atoms with Crippen LogP contribution in [0.2, 0.25) is 0 Å². The van der Waals surface area contributed by atoms with Gasteiger partial charge in [0.05, 0.1) is 23.3 Å². The van der Waals surface area contributed by atoms with E-state index in [-0.39, 0.29) is 42.6 Å². The fourth-order valence-corrected chi connectivity index (χ4v) is 3.24. The first-order chi connectivity index (χ1) is 11.6. The molecule has 0 bridgehead atoms. The van der Waals surface area contributed by atoms with Crippen LogP contribution in [0.25, 0.3) is 10.9 Å². The Bertz CT molecular complexity index is 795. The van der Waals surface area contributed by atoms with Crippen molar-refractivity contribution in [2.45, 2.75) is 31.5 Å². The normalized spacial score (nSPS) is 20.3. The van der Waals surface area contributed by atoms with Crippen molar-refractivity contribution >= 4 is 29.2 Å². The third-order valence-corrected chi connectivity index (χ3v) is 4.63. The van der Waals surface area contributed by atoms with Crippen molar-refractivity contribution in [2.24, 2.45) is 5.73 Å². The van der Waals surface area contributed by atoms with Gasteiger partial charge in [-0.25, -0.2) is 4.98 Å². The highest BCUT2D eigenvalue weighted by atomic mass is 35.5. The maximum Gasteiger partial charge on any atom is 0.261 e. The molecule has 1 amide bonds. The van der Waals surface area contributed by atoms with Gasteiger partial charge in [0.2, 0.25) is 5.91 Å². The van der Waals surface area contributed by atoms with Gasteiger partial charge in [-0.2, -0.15) is 0 Å². The maximum atomic E-state index is 12.7. The van der Waals surface area contributed by atoms with Crippen molar-refractivity contribution in [3.8, 4) is 0 Å². The molecule has 2 aromatic rings. The molecule has 25 heavy (non-hydrogen) atoms. The van der Waals surface area contributed by atoms with Gasteiger partial charge in [0.15, 0.2) is 0 Å². The molecule has 136 valence electrons. The minimum absolute atomic E-state index is 0. The number of nitrogens with zero attached hydrogens (tertiary/aromatic N) is 3. The number of para-hydroxylation sites is 1. The second-order valence-electron chi connectivity index (χ2n) is 6.05. The molecule has 1 fully saturated rings. The smallest absolute Gasteiger partial charge is 0.261 e. The second kappa shape index (κ2) is 8.42. The molecule has 2 unspecified atom stereocenters. The molecule has 3 rings (SSSR count). The van der Waals surface area contributed by atoms with Crippen LogP contribution in [0, 0.1) is 0 Å². The molecule has 1 saturated heterocycles. The lowest BCUT2D eigenvalue weighted by Gasteiger charge is -2.38. The predicted molar refractivity (Wildman–Crippen MR) is 97.8 cm³/mol. The number of carbonyl (C=O) groups excluding carboxylic acids is 1. The molecule has 1 aromatic heterocycles. The summed E-state index contributed by atoms with van der Waals surface area (Å²) in [6, 6.07) is 7.06. The number of likely N-dealkylation sites (tertiary alicyclic amines) is 1. The molecule has 2 atom stereocenters. The number of aromatic nitrogens is 2. The van der Waals surface area contributed by atoms with Crippen molar-refractivity contribution in [2.75, 3.05) is 20.2 Å². The van der Waals surface area contributed by atoms with E-state index >= 15 is 0 Å². The number of amides is 1. The van der Waals surface area contributed by atoms with Crippen LogP contribution in [0.4, 0.5) is 0 Å². The van der Waals surface area contributed by atoms with Crippen LogP contribution >= 0.6 is 12.4 Å². The number of rotatable bonds is 4. The molecular weight excluding hydrogens is 344 g/mol. The number of piperidine rings is 1. The Hall–Kier alpha value is -1.96. The number of fused-ring (bicyclic) bond motifs is 1. The summed E-state index contributed by atoms with van der Waals surface area (Å²) in [5.41, 5.74) is 6.24. The average molecular weight is 367 g/mol. The lowest BCUT2D eigenvalue weighted by atomic mass is 9.99. The van der Waals surface area contributed by atoms with Gasteiger partial charge in [-0.1, -0.05) is 12.1 Å². The summed E-state index contributed by atoms with van der Waals surface area (Å²) in [6.45, 7) is 0.955. The molecule has 1 aliphatic rings. The number of hydrogen-bond donors (Lipinski definition) is 1. The van der Waals surface area contributed by atoms with Crippen LogP contribution in [0.1, 0.15) is 12.8 Å². The maximum absolute atomic E-state index is 12.7. The Morgan fingerprint density at radius 3 is 2.88 bits per heavy atom. The number of halogens is 1. The van der Waals surface area contributed by atoms with Crippen molar-refractivity contribution in [3.05, 3.63) is 40.9 Å². The van der Waals surface area contributed by atoms with Crippen LogP contribution in [-0.2, 0) is 16.1 Å². The van der Waals surface area contributed by atoms with Crippen molar-refractivity contribution in [1.82, 2.24) is 14.5 Å². The van der Waals surface area contributed by atoms with E-state index in [0.29, 0.717) is 24.0 Å². The first-order valence-corrected chi connectivity index (χ1v) is 8.10. The highest BCUT2D eigenvalue weighted by Gasteiger charge is 2.30. The number of nitrogens with two attached hydrogens (primary N) is 1. The number of ether oxygens (including phenoxy) is 1. The highest BCUT2D eigenvalue weighted by molar-refractivity contribution is 5.85. The zero-order chi connectivity index (χ0) is 17.1. The van der Waals surface area contributed by atoms with Gasteiger partial charge < -0.3 is 15.4 Å². The third kappa shape index (κ3) is 4.00. The minimum atomic E-state index is -0.204. The van der Waals surface area contributed by atoms with Crippen molar-refractivity contribution < 1.29 is 9.53 Å². The SMILES string of the molecule is COC1CCN(C(=O)Cn2cnc3ccccc3c2=O)C(CN)C1.Cl. The summed E-state index contributed by atoms with van der Waals surface area (Å²) in [5.74, 6) is -0.112. The number of methoxy groups -OCH3 is 1. The van der Waals surface area contributed by atoms with Gasteiger partial charge in [-0.15, -0.1) is 12.4 Å². The zero-order valence-corrected chi connectivity index (χ0v) is 14.9. The topological polar surface area (TPSA) is 90.5 Å². The van der Waals surface area contributed by atoms with Gasteiger partial charge in [-0.3, -0.25) is 14.2 Å². The molecular formula is C17H23ClN4O3. The predicted octanol–water partition coefficient (Wildman–Crippen LogP) is 0.783. The van der Waals surface area contributed by atoms with E-state index in [1.807, 2.05) is 6.07 Å². The van der Waals surface area contributed by atoms with Crippen LogP contribution in [0.5, 0.6) is 0 Å². The van der Waals surface area contributed by atoms with Crippen molar-refractivity contribution in [1.29, 1.82) is 0 Å². The molecule has 7 nitrogen and oxygen atoms in total. The quantitative estimate of drug-likeness (QED) is 0.863. The Morgan fingerprint density at radius 2 is 2.16 bits per heavy atom. The van der Waals surface area contributed by atoms with Crippen LogP contribution in [0.3, 0.4) is 0 Å². The molecule has 1 aliphatic heterocycles. The molecule has 0 spiro atoms. The minimum Gasteiger partial charge on any atom is -0.381 e. The Balaban J connectivity index is 0.00000225. The van der Waals surface area contributed by atoms with Gasteiger partial charge in [-0.05, 0) is 25.0 Å². The first kappa shape index (κ1) is 19.4. The molecule has 8 heteroatoms. The average Bonchev–Trinajstić information content (AvgIpc) is 2.63. The van der Waals surface area contributed by atoms with E-state index in [0.717, 1.165) is 12.8 Å². The van der Waals surface area contributed by atoms with E-state index in [2.05, 4.69) is 4.98 Å². The lowest BCUT2D eigenvalue weighted by Crippen LogP contribution is -2.52. The van der Waals surface area contributed by atoms with E-state index in [1.165, 1.54) is 10.9 Å². The zero-order valence-electron chi connectivity index (χ0n) is 14.1. The molecule has 2 N–H and O–H groups in total. The summed E-state index contributed by atoms with van der Waals surface area (Å²) >= 11 is 0. The third-order valence-electron chi connectivity index (χ3n) is 4.63. The summed E-state index contributed by atoms with van der Waals surface area (Å²) in [7, 11) is 1.68. The van der Waals surface area contributed by atoms with E-state index < -0.39 is 0 Å². The van der Waals surface area contributed by atoms with Gasteiger partial charge in [0.25, 0.3) is 5.56 Å². The first-order valence-electron chi connectivity index (χ1n) is 8.10. The standard InChI is InChI=1S/C17H22N4O3.ClH/c1-24-13-6-7-21(12(8-13)9-18)16(22)10-20-11-19-15-5-3-2-4-14(15)17(20)23;/h2-5,11-13H,6-10,18H2,1H3;1H. The number of benzene rings is 1. The van der Waals surface area contributed by atoms with Gasteiger partial charge >= 0.3 is 0 Å². The van der Waals surface area contributed by atoms with Crippen molar-refractivity contribution in [3.63, 3.8) is 0 Å². The Labute approximate surface area is 152 Å². The molecule has 0 aliphatic carbocycles. The van der Waals surface area contributed by atoms with E-state index in [4.69, 9.17) is 10.5 Å². The second-order valence-corrected chi connectivity index (χ2v) is 6.05. The van der Waals surface area contributed by atoms with Crippen LogP contribution < -0.4 is 11.3 Å². The fraction of sp³-hybridized carbons (Fsp3) is 0.471. The van der Waals surface area contributed by atoms with E-state index in [9.17, 15) is 9.59 Å². The van der Waals surface area contributed by atoms with E-state index in [1.54, 1.807) is 30.2 Å².